The van der Waals surface area contributed by atoms with Crippen LogP contribution in [0, 0.1) is 6.92 Å². The summed E-state index contributed by atoms with van der Waals surface area (Å²) in [5.74, 6) is -0.857. The summed E-state index contributed by atoms with van der Waals surface area (Å²) in [7, 11) is -3.00. The molecule has 0 aliphatic carbocycles. The largest absolute Gasteiger partial charge is 0.494 e. The number of carbonyl (C=O) groups excluding carboxylic acids is 1. The number of anilines is 1. The van der Waals surface area contributed by atoms with E-state index in [0.717, 1.165) is 11.1 Å². The maximum atomic E-state index is 13.1. The molecule has 0 unspecified atom stereocenters. The third kappa shape index (κ3) is 4.67. The summed E-state index contributed by atoms with van der Waals surface area (Å²) < 4.78 is 35.1. The molecule has 182 valence electrons. The minimum atomic E-state index is -4.34. The lowest BCUT2D eigenvalue weighted by atomic mass is 9.92. The number of amides is 1. The Labute approximate surface area is 203 Å². The van der Waals surface area contributed by atoms with Crippen molar-refractivity contribution >= 4 is 32.5 Å². The van der Waals surface area contributed by atoms with Crippen LogP contribution < -0.4 is 15.2 Å². The number of rotatable bonds is 5. The first-order valence-corrected chi connectivity index (χ1v) is 12.2. The van der Waals surface area contributed by atoms with Gasteiger partial charge >= 0.3 is 0 Å². The monoisotopic (exact) mass is 494 g/mol. The van der Waals surface area contributed by atoms with E-state index in [9.17, 15) is 13.2 Å². The van der Waals surface area contributed by atoms with E-state index in [0.29, 0.717) is 22.6 Å². The fraction of sp³-hybridized carbons (Fsp3) is 0.250. The number of carbonyl (C=O) groups is 1. The van der Waals surface area contributed by atoms with Gasteiger partial charge in [0.05, 0.1) is 35.9 Å². The fourth-order valence-corrected chi connectivity index (χ4v) is 4.56. The van der Waals surface area contributed by atoms with Gasteiger partial charge in [-0.1, -0.05) is 26.8 Å². The first-order valence-electron chi connectivity index (χ1n) is 10.8. The molecule has 0 saturated carbocycles. The van der Waals surface area contributed by atoms with Crippen LogP contribution in [0.25, 0.3) is 16.6 Å². The zero-order chi connectivity index (χ0) is 25.5. The Morgan fingerprint density at radius 1 is 1.09 bits per heavy atom. The van der Waals surface area contributed by atoms with E-state index in [1.807, 2.05) is 26.8 Å². The summed E-state index contributed by atoms with van der Waals surface area (Å²) >= 11 is 0. The van der Waals surface area contributed by atoms with E-state index >= 15 is 0 Å². The van der Waals surface area contributed by atoms with Crippen LogP contribution in [-0.4, -0.2) is 41.2 Å². The van der Waals surface area contributed by atoms with Gasteiger partial charge in [-0.05, 0) is 43.3 Å². The number of nitrogens with one attached hydrogen (secondary N) is 1. The average molecular weight is 495 g/mol. The van der Waals surface area contributed by atoms with E-state index in [2.05, 4.69) is 19.8 Å². The van der Waals surface area contributed by atoms with Gasteiger partial charge in [0.15, 0.2) is 5.75 Å². The van der Waals surface area contributed by atoms with Crippen molar-refractivity contribution in [3.05, 3.63) is 65.7 Å². The average Bonchev–Trinajstić information content (AvgIpc) is 3.14. The molecule has 0 bridgehead atoms. The van der Waals surface area contributed by atoms with E-state index < -0.39 is 21.3 Å². The van der Waals surface area contributed by atoms with Crippen molar-refractivity contribution < 1.29 is 17.9 Å². The molecule has 3 heterocycles. The number of sulfonamides is 1. The van der Waals surface area contributed by atoms with Gasteiger partial charge in [0.2, 0.25) is 5.03 Å². The summed E-state index contributed by atoms with van der Waals surface area (Å²) in [6.07, 6.45) is 1.70. The number of hydrogen-bond donors (Lipinski definition) is 2. The van der Waals surface area contributed by atoms with Crippen molar-refractivity contribution in [2.75, 3.05) is 12.8 Å². The Bertz CT molecular complexity index is 1530. The van der Waals surface area contributed by atoms with Gasteiger partial charge in [-0.25, -0.2) is 19.4 Å². The maximum Gasteiger partial charge on any atom is 0.285 e. The molecule has 0 aliphatic heterocycles. The lowest BCUT2D eigenvalue weighted by Gasteiger charge is -2.19. The van der Waals surface area contributed by atoms with Crippen LogP contribution in [0.3, 0.4) is 0 Å². The number of methoxy groups -OCH3 is 1. The predicted molar refractivity (Wildman–Crippen MR) is 132 cm³/mol. The van der Waals surface area contributed by atoms with E-state index in [1.54, 1.807) is 42.1 Å². The Morgan fingerprint density at radius 2 is 1.83 bits per heavy atom. The van der Waals surface area contributed by atoms with E-state index in [-0.39, 0.29) is 16.5 Å². The van der Waals surface area contributed by atoms with Gasteiger partial charge in [-0.15, -0.1) is 0 Å². The smallest absolute Gasteiger partial charge is 0.285 e. The maximum absolute atomic E-state index is 13.1. The number of aromatic nitrogens is 4. The number of benzene rings is 1. The highest BCUT2D eigenvalue weighted by molar-refractivity contribution is 7.90. The SMILES string of the molecule is COc1ccc(C(C)(C)C)nc1S(=O)(=O)NC(=O)c1ccc2c(-n3cc(N)c(C)n3)cccc2n1. The third-order valence-electron chi connectivity index (χ3n) is 5.42. The highest BCUT2D eigenvalue weighted by Gasteiger charge is 2.28. The molecule has 0 aliphatic rings. The van der Waals surface area contributed by atoms with Gasteiger partial charge in [-0.3, -0.25) is 4.79 Å². The van der Waals surface area contributed by atoms with Gasteiger partial charge in [-0.2, -0.15) is 13.5 Å². The normalized spacial score (nSPS) is 12.0. The second kappa shape index (κ2) is 8.66. The molecule has 1 aromatic carbocycles. The standard InChI is InChI=1S/C24H26N6O4S/c1-14-16(25)13-30(28-14)19-8-6-7-17-15(19)9-10-18(26-17)22(31)29-35(32,33)23-20(34-5)11-12-21(27-23)24(2,3)4/h6-13H,25H2,1-5H3,(H,29,31). The molecule has 0 saturated heterocycles. The van der Waals surface area contributed by atoms with Crippen LogP contribution in [0.2, 0.25) is 0 Å². The number of hydrogen-bond acceptors (Lipinski definition) is 8. The number of fused-ring (bicyclic) bond motifs is 1. The number of nitrogens with zero attached hydrogens (tertiary/aromatic N) is 4. The quantitative estimate of drug-likeness (QED) is 0.431. The van der Waals surface area contributed by atoms with Crippen LogP contribution in [0.5, 0.6) is 5.75 Å². The van der Waals surface area contributed by atoms with Crippen LogP contribution >= 0.6 is 0 Å². The van der Waals surface area contributed by atoms with E-state index in [1.165, 1.54) is 19.2 Å². The summed E-state index contributed by atoms with van der Waals surface area (Å²) in [4.78, 5) is 21.5. The first kappa shape index (κ1) is 24.1. The van der Waals surface area contributed by atoms with Gasteiger partial charge in [0.1, 0.15) is 5.69 Å². The van der Waals surface area contributed by atoms with Crippen molar-refractivity contribution in [1.82, 2.24) is 24.5 Å². The summed E-state index contributed by atoms with van der Waals surface area (Å²) in [6, 6.07) is 11.7. The van der Waals surface area contributed by atoms with Crippen molar-refractivity contribution in [2.24, 2.45) is 0 Å². The number of pyridine rings is 2. The Morgan fingerprint density at radius 3 is 2.46 bits per heavy atom. The number of aryl methyl sites for hydroxylation is 1. The molecule has 0 radical (unpaired) electrons. The lowest BCUT2D eigenvalue weighted by Crippen LogP contribution is -2.32. The minimum Gasteiger partial charge on any atom is -0.494 e. The summed E-state index contributed by atoms with van der Waals surface area (Å²) in [5.41, 5.74) is 8.44. The van der Waals surface area contributed by atoms with Crippen LogP contribution in [-0.2, 0) is 15.4 Å². The molecule has 0 atom stereocenters. The Hall–Kier alpha value is -3.99. The molecule has 3 aromatic heterocycles. The van der Waals surface area contributed by atoms with Crippen molar-refractivity contribution in [3.63, 3.8) is 0 Å². The highest BCUT2D eigenvalue weighted by atomic mass is 32.2. The van der Waals surface area contributed by atoms with Gasteiger partial charge in [0, 0.05) is 16.5 Å². The molecular formula is C24H26N6O4S. The van der Waals surface area contributed by atoms with Crippen molar-refractivity contribution in [1.29, 1.82) is 0 Å². The van der Waals surface area contributed by atoms with Crippen LogP contribution in [0.15, 0.2) is 53.7 Å². The zero-order valence-electron chi connectivity index (χ0n) is 20.0. The molecule has 35 heavy (non-hydrogen) atoms. The lowest BCUT2D eigenvalue weighted by molar-refractivity contribution is 0.0977. The topological polar surface area (TPSA) is 142 Å². The molecule has 10 nitrogen and oxygen atoms in total. The summed E-state index contributed by atoms with van der Waals surface area (Å²) in [6.45, 7) is 7.52. The van der Waals surface area contributed by atoms with Gasteiger partial charge in [0.25, 0.3) is 15.9 Å². The van der Waals surface area contributed by atoms with E-state index in [4.69, 9.17) is 10.5 Å². The molecule has 11 heteroatoms. The molecule has 3 N–H and O–H groups in total. The van der Waals surface area contributed by atoms with Crippen LogP contribution in [0.4, 0.5) is 5.69 Å². The third-order valence-corrected chi connectivity index (χ3v) is 6.68. The Balaban J connectivity index is 1.69. The van der Waals surface area contributed by atoms with Crippen molar-refractivity contribution in [3.8, 4) is 11.4 Å². The molecule has 4 rings (SSSR count). The molecule has 0 spiro atoms. The fourth-order valence-electron chi connectivity index (χ4n) is 3.48. The molecular weight excluding hydrogens is 468 g/mol. The van der Waals surface area contributed by atoms with Crippen LogP contribution in [0.1, 0.15) is 42.6 Å². The number of nitrogens with two attached hydrogens (primary N) is 1. The highest BCUT2D eigenvalue weighted by Crippen LogP contribution is 2.28. The summed E-state index contributed by atoms with van der Waals surface area (Å²) in [5, 5.41) is 4.75. The second-order valence-corrected chi connectivity index (χ2v) is 10.6. The predicted octanol–water partition coefficient (Wildman–Crippen LogP) is 3.13. The number of ether oxygens (including phenoxy) is 1. The Kier molecular flexibility index (Phi) is 5.97. The second-order valence-electron chi connectivity index (χ2n) is 9.04. The molecule has 4 aromatic rings. The first-order chi connectivity index (χ1) is 16.4. The van der Waals surface area contributed by atoms with Gasteiger partial charge < -0.3 is 10.5 Å². The van der Waals surface area contributed by atoms with Crippen molar-refractivity contribution in [2.45, 2.75) is 38.1 Å². The molecule has 1 amide bonds. The molecule has 0 fully saturated rings. The zero-order valence-corrected chi connectivity index (χ0v) is 20.8. The minimum absolute atomic E-state index is 0.0307. The number of nitrogen functional groups attached to an aromatic ring is 1.